The molecule has 2 aliphatic heterocycles. The topological polar surface area (TPSA) is 35.6 Å². The van der Waals surface area contributed by atoms with Crippen molar-refractivity contribution in [1.29, 1.82) is 0 Å². The molecule has 1 atom stereocenters. The van der Waals surface area contributed by atoms with Crippen LogP contribution in [0.15, 0.2) is 0 Å². The maximum Gasteiger partial charge on any atom is 0.220 e. The lowest BCUT2D eigenvalue weighted by molar-refractivity contribution is -0.136. The summed E-state index contributed by atoms with van der Waals surface area (Å²) in [5, 5.41) is 3.36. The number of nitrogens with zero attached hydrogens (tertiary/aromatic N) is 2. The van der Waals surface area contributed by atoms with Gasteiger partial charge in [0.25, 0.3) is 0 Å². The number of hydrogen-bond acceptors (Lipinski definition) is 3. The molecule has 0 aromatic carbocycles. The predicted molar refractivity (Wildman–Crippen MR) is 69.3 cm³/mol. The van der Waals surface area contributed by atoms with Gasteiger partial charge in [-0.15, -0.1) is 24.8 Å². The number of piperazine rings is 1. The fraction of sp³-hybridized carbons (Fsp3) is 0.900. The minimum Gasteiger partial charge on any atom is -0.325 e. The Hall–Kier alpha value is -0.0300. The van der Waals surface area contributed by atoms with Crippen molar-refractivity contribution in [3.8, 4) is 0 Å². The van der Waals surface area contributed by atoms with E-state index < -0.39 is 0 Å². The van der Waals surface area contributed by atoms with Crippen molar-refractivity contribution in [2.45, 2.75) is 25.9 Å². The van der Waals surface area contributed by atoms with Gasteiger partial charge in [-0.1, -0.05) is 0 Å². The van der Waals surface area contributed by atoms with E-state index in [2.05, 4.69) is 10.2 Å². The molecule has 4 nitrogen and oxygen atoms in total. The molecular weight excluding hydrogens is 249 g/mol. The van der Waals surface area contributed by atoms with Crippen LogP contribution in [0, 0.1) is 0 Å². The normalized spacial score (nSPS) is 25.8. The van der Waals surface area contributed by atoms with Crippen LogP contribution < -0.4 is 5.32 Å². The first-order valence-corrected chi connectivity index (χ1v) is 5.51. The highest BCUT2D eigenvalue weighted by molar-refractivity contribution is 5.85. The molecule has 96 valence electrons. The summed E-state index contributed by atoms with van der Waals surface area (Å²) in [6.07, 6.45) is 2.87. The number of carbonyl (C=O) groups excluding carboxylic acids is 1. The van der Waals surface area contributed by atoms with Crippen molar-refractivity contribution in [2.24, 2.45) is 0 Å². The summed E-state index contributed by atoms with van der Waals surface area (Å²) < 4.78 is 0. The van der Waals surface area contributed by atoms with Gasteiger partial charge >= 0.3 is 0 Å². The molecule has 2 heterocycles. The first kappa shape index (κ1) is 16.0. The highest BCUT2D eigenvalue weighted by atomic mass is 35.5. The third kappa shape index (κ3) is 3.48. The Morgan fingerprint density at radius 3 is 2.38 bits per heavy atom. The number of likely N-dealkylation sites (tertiary alicyclic amines) is 1. The Morgan fingerprint density at radius 2 is 1.81 bits per heavy atom. The Morgan fingerprint density at radius 1 is 1.19 bits per heavy atom. The van der Waals surface area contributed by atoms with Gasteiger partial charge in [-0.3, -0.25) is 9.69 Å². The zero-order valence-corrected chi connectivity index (χ0v) is 11.3. The molecule has 6 heteroatoms. The van der Waals surface area contributed by atoms with Crippen molar-refractivity contribution >= 4 is 30.7 Å². The molecule has 2 saturated heterocycles. The van der Waals surface area contributed by atoms with Crippen molar-refractivity contribution in [3.63, 3.8) is 0 Å². The van der Waals surface area contributed by atoms with Gasteiger partial charge in [-0.05, 0) is 12.8 Å². The minimum atomic E-state index is 0. The van der Waals surface area contributed by atoms with Gasteiger partial charge in [-0.2, -0.15) is 0 Å². The first-order valence-electron chi connectivity index (χ1n) is 5.51. The molecule has 0 spiro atoms. The second-order valence-electron chi connectivity index (χ2n) is 4.14. The van der Waals surface area contributed by atoms with Crippen LogP contribution in [0.4, 0.5) is 0 Å². The molecule has 1 N–H and O–H groups in total. The molecule has 0 radical (unpaired) electrons. The van der Waals surface area contributed by atoms with Crippen LogP contribution in [-0.2, 0) is 4.79 Å². The molecule has 0 saturated carbocycles. The fourth-order valence-corrected chi connectivity index (χ4v) is 2.42. The summed E-state index contributed by atoms with van der Waals surface area (Å²) in [5.74, 6) is 0.211. The van der Waals surface area contributed by atoms with E-state index in [1.54, 1.807) is 6.92 Å². The molecule has 1 amide bonds. The second kappa shape index (κ2) is 7.33. The summed E-state index contributed by atoms with van der Waals surface area (Å²) in [6, 6.07) is 0. The van der Waals surface area contributed by atoms with Crippen molar-refractivity contribution < 1.29 is 4.79 Å². The Balaban J connectivity index is 0.00000112. The van der Waals surface area contributed by atoms with Crippen molar-refractivity contribution in [2.75, 3.05) is 32.7 Å². The minimum absolute atomic E-state index is 0. The van der Waals surface area contributed by atoms with Crippen LogP contribution in [0.5, 0.6) is 0 Å². The molecule has 0 aromatic rings. The standard InChI is InChI=1S/C10H19N3O.2ClH/c1-9(14)13-7-4-11-8-10(13)12-5-2-3-6-12;;/h10-11H,2-8H2,1H3;2*1H. The third-order valence-electron chi connectivity index (χ3n) is 3.18. The lowest BCUT2D eigenvalue weighted by atomic mass is 10.2. The van der Waals surface area contributed by atoms with Crippen molar-refractivity contribution in [1.82, 2.24) is 15.1 Å². The van der Waals surface area contributed by atoms with Crippen LogP contribution in [0.1, 0.15) is 19.8 Å². The van der Waals surface area contributed by atoms with E-state index in [1.165, 1.54) is 12.8 Å². The van der Waals surface area contributed by atoms with Crippen LogP contribution in [0.2, 0.25) is 0 Å². The van der Waals surface area contributed by atoms with E-state index in [-0.39, 0.29) is 30.7 Å². The largest absolute Gasteiger partial charge is 0.325 e. The van der Waals surface area contributed by atoms with Crippen LogP contribution in [0.3, 0.4) is 0 Å². The summed E-state index contributed by atoms with van der Waals surface area (Å²) >= 11 is 0. The molecule has 2 rings (SSSR count). The van der Waals surface area contributed by atoms with Gasteiger partial charge in [0, 0.05) is 39.6 Å². The maximum absolute atomic E-state index is 11.4. The van der Waals surface area contributed by atoms with E-state index in [9.17, 15) is 4.79 Å². The lowest BCUT2D eigenvalue weighted by Gasteiger charge is -2.40. The number of amides is 1. The first-order chi connectivity index (χ1) is 6.79. The predicted octanol–water partition coefficient (Wildman–Crippen LogP) is 0.704. The quantitative estimate of drug-likeness (QED) is 0.762. The van der Waals surface area contributed by atoms with Gasteiger partial charge < -0.3 is 10.2 Å². The second-order valence-corrected chi connectivity index (χ2v) is 4.14. The smallest absolute Gasteiger partial charge is 0.220 e. The molecule has 0 bridgehead atoms. The van der Waals surface area contributed by atoms with Crippen LogP contribution in [0.25, 0.3) is 0 Å². The molecule has 0 aliphatic carbocycles. The highest BCUT2D eigenvalue weighted by Gasteiger charge is 2.30. The van der Waals surface area contributed by atoms with E-state index in [1.807, 2.05) is 4.90 Å². The fourth-order valence-electron chi connectivity index (χ4n) is 2.42. The van der Waals surface area contributed by atoms with E-state index >= 15 is 0 Å². The summed E-state index contributed by atoms with van der Waals surface area (Å²) in [5.41, 5.74) is 0. The van der Waals surface area contributed by atoms with E-state index in [0.29, 0.717) is 6.17 Å². The van der Waals surface area contributed by atoms with Gasteiger partial charge in [0.15, 0.2) is 0 Å². The van der Waals surface area contributed by atoms with Crippen LogP contribution >= 0.6 is 24.8 Å². The van der Waals surface area contributed by atoms with Crippen molar-refractivity contribution in [3.05, 3.63) is 0 Å². The summed E-state index contributed by atoms with van der Waals surface area (Å²) in [7, 11) is 0. The Bertz CT molecular complexity index is 222. The molecular formula is C10H21Cl2N3O. The number of hydrogen-bond donors (Lipinski definition) is 1. The lowest BCUT2D eigenvalue weighted by Crippen LogP contribution is -2.59. The average molecular weight is 270 g/mol. The zero-order chi connectivity index (χ0) is 9.97. The summed E-state index contributed by atoms with van der Waals surface area (Å²) in [4.78, 5) is 15.9. The number of nitrogens with one attached hydrogen (secondary N) is 1. The van der Waals surface area contributed by atoms with Gasteiger partial charge in [0.2, 0.25) is 5.91 Å². The molecule has 1 unspecified atom stereocenters. The van der Waals surface area contributed by atoms with Gasteiger partial charge in [-0.25, -0.2) is 0 Å². The number of carbonyl (C=O) groups is 1. The Labute approximate surface area is 110 Å². The molecule has 16 heavy (non-hydrogen) atoms. The third-order valence-corrected chi connectivity index (χ3v) is 3.18. The molecule has 2 fully saturated rings. The van der Waals surface area contributed by atoms with Gasteiger partial charge in [0.05, 0.1) is 6.17 Å². The molecule has 0 aromatic heterocycles. The van der Waals surface area contributed by atoms with E-state index in [0.717, 1.165) is 32.7 Å². The SMILES string of the molecule is CC(=O)N1CCNCC1N1CCCC1.Cl.Cl. The highest BCUT2D eigenvalue weighted by Crippen LogP contribution is 2.16. The number of halogens is 2. The summed E-state index contributed by atoms with van der Waals surface area (Å²) in [6.45, 7) is 6.70. The zero-order valence-electron chi connectivity index (χ0n) is 9.65. The molecule has 2 aliphatic rings. The Kier molecular flexibility index (Phi) is 7.31. The number of rotatable bonds is 1. The average Bonchev–Trinajstić information content (AvgIpc) is 2.70. The van der Waals surface area contributed by atoms with E-state index in [4.69, 9.17) is 0 Å². The maximum atomic E-state index is 11.4. The van der Waals surface area contributed by atoms with Gasteiger partial charge in [0.1, 0.15) is 0 Å². The monoisotopic (exact) mass is 269 g/mol. The van der Waals surface area contributed by atoms with Crippen LogP contribution in [-0.4, -0.2) is 54.6 Å².